The van der Waals surface area contributed by atoms with E-state index < -0.39 is 5.92 Å². The first-order chi connectivity index (χ1) is 8.70. The number of carbonyl (C=O) groups is 2. The van der Waals surface area contributed by atoms with Gasteiger partial charge in [-0.05, 0) is 13.3 Å². The number of Topliss-reactive ketones (excluding diaryl/α,β-unsaturated/α-hetero) is 2. The van der Waals surface area contributed by atoms with E-state index in [2.05, 4.69) is 5.16 Å². The Balaban J connectivity index is 2.38. The van der Waals surface area contributed by atoms with Crippen molar-refractivity contribution in [3.8, 4) is 0 Å². The molecule has 0 aromatic heterocycles. The van der Waals surface area contributed by atoms with E-state index in [-0.39, 0.29) is 11.6 Å². The van der Waals surface area contributed by atoms with E-state index in [4.69, 9.17) is 4.84 Å². The van der Waals surface area contributed by atoms with Crippen LogP contribution < -0.4 is 0 Å². The van der Waals surface area contributed by atoms with E-state index >= 15 is 0 Å². The Morgan fingerprint density at radius 1 is 1.17 bits per heavy atom. The van der Waals surface area contributed by atoms with Gasteiger partial charge in [-0.3, -0.25) is 9.59 Å². The quantitative estimate of drug-likeness (QED) is 0.465. The Morgan fingerprint density at radius 3 is 2.17 bits per heavy atom. The second-order valence-electron chi connectivity index (χ2n) is 4.06. The third-order valence-corrected chi connectivity index (χ3v) is 2.99. The zero-order valence-corrected chi connectivity index (χ0v) is 10.5. The maximum atomic E-state index is 12.2. The van der Waals surface area contributed by atoms with Crippen LogP contribution in [-0.2, 0) is 4.84 Å². The number of rotatable bonds is 4. The molecule has 0 saturated carbocycles. The van der Waals surface area contributed by atoms with Gasteiger partial charge in [0.2, 0.25) is 0 Å². The van der Waals surface area contributed by atoms with Gasteiger partial charge in [0.05, 0.1) is 5.71 Å². The predicted molar refractivity (Wildman–Crippen MR) is 67.9 cm³/mol. The number of ketones is 2. The van der Waals surface area contributed by atoms with Crippen molar-refractivity contribution in [1.29, 1.82) is 0 Å². The minimum Gasteiger partial charge on any atom is -0.396 e. The lowest BCUT2D eigenvalue weighted by Crippen LogP contribution is -2.25. The van der Waals surface area contributed by atoms with Crippen LogP contribution in [0.3, 0.4) is 0 Å². The highest BCUT2D eigenvalue weighted by Gasteiger charge is 2.41. The van der Waals surface area contributed by atoms with E-state index in [1.807, 2.05) is 13.8 Å². The molecule has 0 amide bonds. The van der Waals surface area contributed by atoms with Crippen molar-refractivity contribution < 1.29 is 14.4 Å². The lowest BCUT2D eigenvalue weighted by Gasteiger charge is -2.08. The number of fused-ring (bicyclic) bond motifs is 1. The normalized spacial score (nSPS) is 16.0. The fraction of sp³-hybridized carbons (Fsp3) is 0.357. The molecule has 1 aromatic carbocycles. The van der Waals surface area contributed by atoms with Gasteiger partial charge in [-0.2, -0.15) is 0 Å². The summed E-state index contributed by atoms with van der Waals surface area (Å²) in [4.78, 5) is 29.4. The minimum atomic E-state index is -0.793. The maximum Gasteiger partial charge on any atom is 0.180 e. The summed E-state index contributed by atoms with van der Waals surface area (Å²) >= 11 is 0. The Morgan fingerprint density at radius 2 is 1.72 bits per heavy atom. The van der Waals surface area contributed by atoms with Crippen molar-refractivity contribution in [2.24, 2.45) is 11.1 Å². The van der Waals surface area contributed by atoms with Crippen molar-refractivity contribution in [1.82, 2.24) is 0 Å². The summed E-state index contributed by atoms with van der Waals surface area (Å²) < 4.78 is 0. The van der Waals surface area contributed by atoms with Crippen LogP contribution in [-0.4, -0.2) is 23.9 Å². The molecule has 1 aliphatic carbocycles. The third kappa shape index (κ3) is 1.94. The van der Waals surface area contributed by atoms with Crippen LogP contribution in [0.1, 0.15) is 41.0 Å². The Bertz CT molecular complexity index is 485. The second kappa shape index (κ2) is 5.12. The van der Waals surface area contributed by atoms with Crippen molar-refractivity contribution in [2.45, 2.75) is 20.3 Å². The van der Waals surface area contributed by atoms with E-state index in [1.54, 1.807) is 24.3 Å². The van der Waals surface area contributed by atoms with Crippen molar-refractivity contribution in [2.75, 3.05) is 6.61 Å². The number of hydrogen-bond acceptors (Lipinski definition) is 4. The lowest BCUT2D eigenvalue weighted by molar-refractivity contribution is 0.0874. The van der Waals surface area contributed by atoms with Crippen LogP contribution in [0.15, 0.2) is 29.4 Å². The molecular weight excluding hydrogens is 230 g/mol. The van der Waals surface area contributed by atoms with Gasteiger partial charge in [0.1, 0.15) is 12.5 Å². The van der Waals surface area contributed by atoms with Gasteiger partial charge in [-0.1, -0.05) is 36.3 Å². The predicted octanol–water partition coefficient (Wildman–Crippen LogP) is 2.48. The fourth-order valence-electron chi connectivity index (χ4n) is 2.11. The third-order valence-electron chi connectivity index (χ3n) is 2.99. The SMILES string of the molecule is CCON=C(CC)C1C(=O)c2ccccc2C1=O. The van der Waals surface area contributed by atoms with E-state index in [9.17, 15) is 9.59 Å². The molecule has 0 spiro atoms. The van der Waals surface area contributed by atoms with Gasteiger partial charge in [-0.25, -0.2) is 0 Å². The summed E-state index contributed by atoms with van der Waals surface area (Å²) in [5.41, 5.74) is 1.48. The maximum absolute atomic E-state index is 12.2. The van der Waals surface area contributed by atoms with Crippen LogP contribution in [0.2, 0.25) is 0 Å². The average Bonchev–Trinajstić information content (AvgIpc) is 2.65. The summed E-state index contributed by atoms with van der Waals surface area (Å²) in [6.45, 7) is 4.09. The van der Waals surface area contributed by atoms with Crippen LogP contribution in [0.25, 0.3) is 0 Å². The zero-order valence-electron chi connectivity index (χ0n) is 10.5. The second-order valence-corrected chi connectivity index (χ2v) is 4.06. The molecule has 1 aromatic rings. The number of hydrogen-bond donors (Lipinski definition) is 0. The molecule has 0 aliphatic heterocycles. The van der Waals surface area contributed by atoms with Crippen LogP contribution >= 0.6 is 0 Å². The average molecular weight is 245 g/mol. The highest BCUT2D eigenvalue weighted by Crippen LogP contribution is 2.28. The summed E-state index contributed by atoms with van der Waals surface area (Å²) in [5, 5.41) is 3.90. The van der Waals surface area contributed by atoms with Gasteiger partial charge in [0.25, 0.3) is 0 Å². The van der Waals surface area contributed by atoms with Crippen molar-refractivity contribution >= 4 is 17.3 Å². The molecule has 0 N–H and O–H groups in total. The first-order valence-corrected chi connectivity index (χ1v) is 6.06. The van der Waals surface area contributed by atoms with Crippen LogP contribution in [0.5, 0.6) is 0 Å². The Kier molecular flexibility index (Phi) is 3.55. The smallest absolute Gasteiger partial charge is 0.180 e. The van der Waals surface area contributed by atoms with E-state index in [1.165, 1.54) is 0 Å². The Hall–Kier alpha value is -1.97. The summed E-state index contributed by atoms with van der Waals surface area (Å²) in [7, 11) is 0. The molecule has 94 valence electrons. The van der Waals surface area contributed by atoms with E-state index in [0.29, 0.717) is 29.9 Å². The topological polar surface area (TPSA) is 55.7 Å². The standard InChI is InChI=1S/C14H15NO3/c1-3-11(15-18-4-2)12-13(16)9-7-5-6-8-10(9)14(12)17/h5-8,12H,3-4H2,1-2H3. The molecule has 4 heteroatoms. The molecule has 0 saturated heterocycles. The van der Waals surface area contributed by atoms with Gasteiger partial charge in [0.15, 0.2) is 11.6 Å². The van der Waals surface area contributed by atoms with Crippen molar-refractivity contribution in [3.63, 3.8) is 0 Å². The molecular formula is C14H15NO3. The monoisotopic (exact) mass is 245 g/mol. The first-order valence-electron chi connectivity index (χ1n) is 6.06. The van der Waals surface area contributed by atoms with Gasteiger partial charge in [-0.15, -0.1) is 0 Å². The molecule has 0 unspecified atom stereocenters. The summed E-state index contributed by atoms with van der Waals surface area (Å²) in [5.74, 6) is -1.13. The molecule has 18 heavy (non-hydrogen) atoms. The van der Waals surface area contributed by atoms with Crippen LogP contribution in [0, 0.1) is 5.92 Å². The molecule has 0 atom stereocenters. The molecule has 2 rings (SSSR count). The number of benzene rings is 1. The van der Waals surface area contributed by atoms with Gasteiger partial charge >= 0.3 is 0 Å². The zero-order chi connectivity index (χ0) is 13.1. The van der Waals surface area contributed by atoms with Crippen molar-refractivity contribution in [3.05, 3.63) is 35.4 Å². The molecule has 0 heterocycles. The lowest BCUT2D eigenvalue weighted by atomic mass is 9.96. The number of oxime groups is 1. The molecule has 0 fully saturated rings. The van der Waals surface area contributed by atoms with Crippen LogP contribution in [0.4, 0.5) is 0 Å². The largest absolute Gasteiger partial charge is 0.396 e. The Labute approximate surface area is 106 Å². The minimum absolute atomic E-state index is 0.170. The fourth-order valence-corrected chi connectivity index (χ4v) is 2.11. The molecule has 4 nitrogen and oxygen atoms in total. The summed E-state index contributed by atoms with van der Waals surface area (Å²) in [6.07, 6.45) is 0.524. The van der Waals surface area contributed by atoms with E-state index in [0.717, 1.165) is 0 Å². The molecule has 0 radical (unpaired) electrons. The molecule has 1 aliphatic rings. The number of nitrogens with zero attached hydrogens (tertiary/aromatic N) is 1. The molecule has 0 bridgehead atoms. The highest BCUT2D eigenvalue weighted by atomic mass is 16.6. The number of carbonyl (C=O) groups excluding carboxylic acids is 2. The summed E-state index contributed by atoms with van der Waals surface area (Å²) in [6, 6.07) is 6.89. The first kappa shape index (κ1) is 12.5. The highest BCUT2D eigenvalue weighted by molar-refractivity contribution is 6.36. The van der Waals surface area contributed by atoms with Gasteiger partial charge < -0.3 is 4.84 Å². The van der Waals surface area contributed by atoms with Gasteiger partial charge in [0, 0.05) is 11.1 Å².